The number of aliphatic carboxylic acids is 2. The zero-order valence-electron chi connectivity index (χ0n) is 41.3. The first-order chi connectivity index (χ1) is 33.8. The number of nitrogens with zero attached hydrogens (tertiary/aromatic N) is 5. The van der Waals surface area contributed by atoms with Crippen LogP contribution in [0.4, 0.5) is 10.5 Å². The first-order valence-corrected chi connectivity index (χ1v) is 26.6. The van der Waals surface area contributed by atoms with Gasteiger partial charge in [0.05, 0.1) is 44.0 Å². The average molecular weight is 1030 g/mol. The first-order valence-electron chi connectivity index (χ1n) is 24.1. The minimum Gasteiger partial charge on any atom is -0.480 e. The van der Waals surface area contributed by atoms with E-state index in [9.17, 15) is 53.4 Å². The molecule has 0 bridgehead atoms. The molecular formula is C47H72N10O12S2. The lowest BCUT2D eigenvalue weighted by molar-refractivity contribution is -0.143. The van der Waals surface area contributed by atoms with Gasteiger partial charge in [-0.15, -0.1) is 11.8 Å². The van der Waals surface area contributed by atoms with Gasteiger partial charge < -0.3 is 41.6 Å². The van der Waals surface area contributed by atoms with Crippen LogP contribution < -0.4 is 21.3 Å². The van der Waals surface area contributed by atoms with Gasteiger partial charge in [-0.2, -0.15) is 11.8 Å². The van der Waals surface area contributed by atoms with Crippen molar-refractivity contribution in [1.82, 2.24) is 40.4 Å². The van der Waals surface area contributed by atoms with Crippen LogP contribution in [0.25, 0.3) is 0 Å². The standard InChI is InChI=1S/C47H72N10O12S2/c1-5-31(2)35(45(66)49-13-14-57-40(60)24-38(46(57)67)71-21-6-7-32(3)48)23-37(58)36(12-22-70-4)52-47(68)51-34-10-8-33(9-11-34)25-50-39(59)26-55-18-17-53(28-42(61)62)15-16-54(29-43(63)64)19-20-56-30-44(65)69-41(56)27-55/h8-11,31,35-36,38,41,48H,5-7,12-30H2,1-4H3,(H,49,66)(H,50,59)(H,61,62)(H,63,64)(H2,51,52,68)/t31-,35-,36-,38?,41?/m0/s1. The Morgan fingerprint density at radius 3 is 2.15 bits per heavy atom. The van der Waals surface area contributed by atoms with E-state index in [0.717, 1.165) is 12.0 Å². The van der Waals surface area contributed by atoms with Crippen molar-refractivity contribution in [3.63, 3.8) is 0 Å². The Kier molecular flexibility index (Phi) is 24.7. The number of rotatable bonds is 27. The number of hydrogen-bond acceptors (Lipinski definition) is 17. The van der Waals surface area contributed by atoms with E-state index < -0.39 is 47.4 Å². The third kappa shape index (κ3) is 20.5. The molecule has 0 radical (unpaired) electrons. The second-order valence-corrected chi connectivity index (χ2v) is 20.5. The van der Waals surface area contributed by atoms with Crippen molar-refractivity contribution < 1.29 is 58.1 Å². The summed E-state index contributed by atoms with van der Waals surface area (Å²) in [5.74, 6) is -3.75. The van der Waals surface area contributed by atoms with Gasteiger partial charge in [-0.3, -0.25) is 62.9 Å². The number of ketones is 1. The van der Waals surface area contributed by atoms with E-state index in [0.29, 0.717) is 61.8 Å². The lowest BCUT2D eigenvalue weighted by Crippen LogP contribution is -2.51. The highest BCUT2D eigenvalue weighted by Gasteiger charge is 2.39. The number of urea groups is 1. The Morgan fingerprint density at radius 1 is 0.887 bits per heavy atom. The van der Waals surface area contributed by atoms with Crippen molar-refractivity contribution in [1.29, 1.82) is 5.41 Å². The van der Waals surface area contributed by atoms with Crippen LogP contribution in [0.2, 0.25) is 0 Å². The van der Waals surface area contributed by atoms with Crippen molar-refractivity contribution in [2.75, 3.05) is 108 Å². The van der Waals surface area contributed by atoms with E-state index in [1.165, 1.54) is 28.4 Å². The summed E-state index contributed by atoms with van der Waals surface area (Å²) in [6.45, 7) is 7.07. The Bertz CT molecular complexity index is 2030. The molecular weight excluding hydrogens is 961 g/mol. The summed E-state index contributed by atoms with van der Waals surface area (Å²) < 4.78 is 5.57. The Labute approximate surface area is 423 Å². The molecule has 0 aromatic heterocycles. The number of anilines is 1. The van der Waals surface area contributed by atoms with Crippen molar-refractivity contribution in [3.8, 4) is 0 Å². The van der Waals surface area contributed by atoms with Crippen molar-refractivity contribution in [2.24, 2.45) is 11.8 Å². The molecule has 5 atom stereocenters. The fourth-order valence-electron chi connectivity index (χ4n) is 8.36. The number of esters is 1. The molecule has 3 fully saturated rings. The number of likely N-dealkylation sites (tertiary alicyclic amines) is 1. The van der Waals surface area contributed by atoms with Gasteiger partial charge in [0.2, 0.25) is 23.6 Å². The number of fused-ring (bicyclic) bond motifs is 1. The summed E-state index contributed by atoms with van der Waals surface area (Å²) in [6, 6.07) is 5.25. The lowest BCUT2D eigenvalue weighted by Gasteiger charge is -2.33. The number of imide groups is 1. The van der Waals surface area contributed by atoms with Crippen molar-refractivity contribution >= 4 is 88.3 Å². The first kappa shape index (κ1) is 58.4. The molecule has 3 aliphatic heterocycles. The number of carboxylic acid groups (broad SMARTS) is 2. The molecule has 6 amide bonds. The molecule has 3 aliphatic rings. The molecule has 2 unspecified atom stereocenters. The molecule has 1 aromatic rings. The maximum atomic E-state index is 13.8. The highest BCUT2D eigenvalue weighted by Crippen LogP contribution is 2.26. The number of thioether (sulfide) groups is 2. The van der Waals surface area contributed by atoms with E-state index in [-0.39, 0.29) is 120 Å². The highest BCUT2D eigenvalue weighted by molar-refractivity contribution is 8.00. The van der Waals surface area contributed by atoms with Gasteiger partial charge >= 0.3 is 23.9 Å². The van der Waals surface area contributed by atoms with Gasteiger partial charge in [0, 0.05) is 89.1 Å². The zero-order chi connectivity index (χ0) is 52.0. The van der Waals surface area contributed by atoms with Gasteiger partial charge in [0.15, 0.2) is 12.0 Å². The summed E-state index contributed by atoms with van der Waals surface area (Å²) in [5, 5.41) is 37.3. The molecule has 7 N–H and O–H groups in total. The van der Waals surface area contributed by atoms with Crippen LogP contribution in [0.15, 0.2) is 24.3 Å². The van der Waals surface area contributed by atoms with Gasteiger partial charge in [-0.25, -0.2) is 4.79 Å². The number of ether oxygens (including phenoxy) is 1. The number of hydrogen-bond donors (Lipinski definition) is 7. The maximum absolute atomic E-state index is 13.8. The number of nitrogens with one attached hydrogen (secondary N) is 5. The molecule has 0 saturated carbocycles. The van der Waals surface area contributed by atoms with E-state index in [4.69, 9.17) is 10.1 Å². The van der Waals surface area contributed by atoms with Crippen molar-refractivity contribution in [3.05, 3.63) is 29.8 Å². The molecule has 4 rings (SSSR count). The Hall–Kier alpha value is -5.14. The summed E-state index contributed by atoms with van der Waals surface area (Å²) in [7, 11) is 0. The van der Waals surface area contributed by atoms with Crippen LogP contribution in [-0.4, -0.2) is 214 Å². The molecule has 0 spiro atoms. The van der Waals surface area contributed by atoms with Crippen LogP contribution in [0.5, 0.6) is 0 Å². The predicted molar refractivity (Wildman–Crippen MR) is 269 cm³/mol. The number of carboxylic acids is 2. The average Bonchev–Trinajstić information content (AvgIpc) is 3.80. The predicted octanol–water partition coefficient (Wildman–Crippen LogP) is 1.24. The van der Waals surface area contributed by atoms with Crippen LogP contribution in [0, 0.1) is 17.2 Å². The zero-order valence-corrected chi connectivity index (χ0v) is 42.9. The van der Waals surface area contributed by atoms with Crippen LogP contribution in [0.3, 0.4) is 0 Å². The Balaban J connectivity index is 1.28. The SMILES string of the molecule is CC[C@H](C)[C@H](CC(=O)[C@H](CCSC)NC(=O)Nc1ccc(CNC(=O)CN2CCN(CC(=O)O)CCN(CC(=O)O)CCN3CC(=O)OC3C2)cc1)C(=O)NCCN1C(=O)CC(SCCCC(C)=N)C1=O. The quantitative estimate of drug-likeness (QED) is 0.0282. The summed E-state index contributed by atoms with van der Waals surface area (Å²) in [5.41, 5.74) is 1.71. The minimum atomic E-state index is -1.04. The molecule has 3 saturated heterocycles. The number of carbonyl (C=O) groups is 9. The van der Waals surface area contributed by atoms with Gasteiger partial charge in [-0.05, 0) is 67.6 Å². The molecule has 24 heteroatoms. The monoisotopic (exact) mass is 1030 g/mol. The van der Waals surface area contributed by atoms with Crippen LogP contribution in [0.1, 0.15) is 64.9 Å². The van der Waals surface area contributed by atoms with E-state index in [1.54, 1.807) is 50.8 Å². The number of amides is 6. The summed E-state index contributed by atoms with van der Waals surface area (Å²) in [6.07, 6.45) is 3.50. The number of benzene rings is 1. The molecule has 71 heavy (non-hydrogen) atoms. The molecule has 0 aliphatic carbocycles. The number of Topliss-reactive ketones (excluding diaryl/α,β-unsaturated/α-hetero) is 1. The molecule has 3 heterocycles. The van der Waals surface area contributed by atoms with Crippen LogP contribution in [-0.2, 0) is 49.6 Å². The lowest BCUT2D eigenvalue weighted by atomic mass is 9.85. The second-order valence-electron chi connectivity index (χ2n) is 18.2. The maximum Gasteiger partial charge on any atom is 0.321 e. The molecule has 22 nitrogen and oxygen atoms in total. The van der Waals surface area contributed by atoms with Gasteiger partial charge in [0.1, 0.15) is 0 Å². The fraction of sp³-hybridized carbons (Fsp3) is 0.660. The van der Waals surface area contributed by atoms with E-state index in [2.05, 4.69) is 21.3 Å². The van der Waals surface area contributed by atoms with Crippen LogP contribution >= 0.6 is 23.5 Å². The van der Waals surface area contributed by atoms with E-state index >= 15 is 0 Å². The molecule has 394 valence electrons. The minimum absolute atomic E-state index is 0.0201. The largest absolute Gasteiger partial charge is 0.480 e. The number of carbonyl (C=O) groups excluding carboxylic acids is 7. The Morgan fingerprint density at radius 2 is 1.54 bits per heavy atom. The third-order valence-electron chi connectivity index (χ3n) is 12.6. The van der Waals surface area contributed by atoms with E-state index in [1.807, 2.05) is 20.1 Å². The van der Waals surface area contributed by atoms with Crippen molar-refractivity contribution in [2.45, 2.75) is 83.4 Å². The smallest absolute Gasteiger partial charge is 0.321 e. The summed E-state index contributed by atoms with van der Waals surface area (Å²) in [4.78, 5) is 123. The fourth-order valence-corrected chi connectivity index (χ4v) is 9.96. The second kappa shape index (κ2) is 30.0. The highest BCUT2D eigenvalue weighted by atomic mass is 32.2. The van der Waals surface area contributed by atoms with Gasteiger partial charge in [0.25, 0.3) is 0 Å². The third-order valence-corrected chi connectivity index (χ3v) is 14.6. The normalized spacial score (nSPS) is 19.9. The van der Waals surface area contributed by atoms with Gasteiger partial charge in [-0.1, -0.05) is 32.4 Å². The summed E-state index contributed by atoms with van der Waals surface area (Å²) >= 11 is 2.92. The topological polar surface area (TPSA) is 291 Å². The molecule has 1 aromatic carbocycles.